The molecule has 8 heteroatoms. The number of aliphatic carboxylic acids is 1. The van der Waals surface area contributed by atoms with Gasteiger partial charge in [0.2, 0.25) is 0 Å². The molecule has 2 aromatic heterocycles. The molecule has 0 atom stereocenters. The molecule has 1 fully saturated rings. The lowest BCUT2D eigenvalue weighted by Gasteiger charge is -2.10. The van der Waals surface area contributed by atoms with Crippen LogP contribution in [0.15, 0.2) is 6.20 Å². The molecular weight excluding hydrogens is 248 g/mol. The second-order valence-electron chi connectivity index (χ2n) is 5.05. The van der Waals surface area contributed by atoms with Crippen LogP contribution in [0.4, 0.5) is 0 Å². The molecule has 2 aromatic rings. The van der Waals surface area contributed by atoms with Crippen LogP contribution in [0.2, 0.25) is 0 Å². The second-order valence-corrected chi connectivity index (χ2v) is 5.05. The van der Waals surface area contributed by atoms with E-state index in [4.69, 9.17) is 0 Å². The minimum absolute atomic E-state index is 0.305. The van der Waals surface area contributed by atoms with Crippen molar-refractivity contribution in [2.24, 2.45) is 12.5 Å². The van der Waals surface area contributed by atoms with Gasteiger partial charge in [-0.15, -0.1) is 5.10 Å². The number of hydrogen-bond acceptors (Lipinski definition) is 5. The second kappa shape index (κ2) is 3.87. The van der Waals surface area contributed by atoms with E-state index in [-0.39, 0.29) is 0 Å². The van der Waals surface area contributed by atoms with E-state index in [1.807, 2.05) is 20.2 Å². The first-order chi connectivity index (χ1) is 9.02. The third-order valence-corrected chi connectivity index (χ3v) is 3.55. The maximum absolute atomic E-state index is 11.2. The Morgan fingerprint density at radius 2 is 2.26 bits per heavy atom. The van der Waals surface area contributed by atoms with Crippen LogP contribution < -0.4 is 0 Å². The van der Waals surface area contributed by atoms with Crippen LogP contribution in [0.1, 0.15) is 18.5 Å². The average Bonchev–Trinajstić information content (AvgIpc) is 2.86. The summed E-state index contributed by atoms with van der Waals surface area (Å²) in [5.74, 6) is -0.213. The normalized spacial score (nSPS) is 16.5. The number of aryl methyl sites for hydroxylation is 2. The number of rotatable bonds is 4. The zero-order valence-electron chi connectivity index (χ0n) is 10.7. The minimum Gasteiger partial charge on any atom is -0.481 e. The standard InChI is InChI=1S/C11H14N6O2/c1-7-8(5-16(2)13-7)9-12-14-15-17(9)6-11(3-4-11)10(18)19/h5H,3-4,6H2,1-2H3,(H,18,19). The van der Waals surface area contributed by atoms with Gasteiger partial charge in [0.1, 0.15) is 0 Å². The van der Waals surface area contributed by atoms with Crippen LogP contribution in [0.5, 0.6) is 0 Å². The Kier molecular flexibility index (Phi) is 2.41. The highest BCUT2D eigenvalue weighted by atomic mass is 16.4. The Morgan fingerprint density at radius 1 is 1.53 bits per heavy atom. The Hall–Kier alpha value is -2.25. The molecule has 3 rings (SSSR count). The van der Waals surface area contributed by atoms with Gasteiger partial charge < -0.3 is 5.11 Å². The Bertz CT molecular complexity index is 639. The topological polar surface area (TPSA) is 98.7 Å². The van der Waals surface area contributed by atoms with Crippen LogP contribution in [-0.4, -0.2) is 41.1 Å². The average molecular weight is 262 g/mol. The molecule has 0 radical (unpaired) electrons. The molecule has 1 aliphatic rings. The lowest BCUT2D eigenvalue weighted by atomic mass is 10.1. The van der Waals surface area contributed by atoms with Crippen molar-refractivity contribution >= 4 is 5.97 Å². The SMILES string of the molecule is Cc1nn(C)cc1-c1nnnn1CC1(C(=O)O)CC1. The molecule has 0 aromatic carbocycles. The molecule has 0 bridgehead atoms. The molecule has 1 saturated carbocycles. The predicted molar refractivity (Wildman–Crippen MR) is 64.1 cm³/mol. The van der Waals surface area contributed by atoms with E-state index in [1.165, 1.54) is 0 Å². The molecule has 100 valence electrons. The molecule has 0 aliphatic heterocycles. The van der Waals surface area contributed by atoms with Gasteiger partial charge in [0.25, 0.3) is 0 Å². The van der Waals surface area contributed by atoms with Crippen molar-refractivity contribution in [2.45, 2.75) is 26.3 Å². The summed E-state index contributed by atoms with van der Waals surface area (Å²) < 4.78 is 3.25. The summed E-state index contributed by atoms with van der Waals surface area (Å²) in [7, 11) is 1.82. The van der Waals surface area contributed by atoms with Crippen LogP contribution in [0.3, 0.4) is 0 Å². The summed E-state index contributed by atoms with van der Waals surface area (Å²) in [5.41, 5.74) is 0.952. The molecule has 0 unspecified atom stereocenters. The third-order valence-electron chi connectivity index (χ3n) is 3.55. The van der Waals surface area contributed by atoms with Crippen molar-refractivity contribution in [1.29, 1.82) is 0 Å². The number of carboxylic acid groups (broad SMARTS) is 1. The van der Waals surface area contributed by atoms with Gasteiger partial charge in [0.15, 0.2) is 5.82 Å². The summed E-state index contributed by atoms with van der Waals surface area (Å²) in [6.07, 6.45) is 3.18. The zero-order chi connectivity index (χ0) is 13.6. The van der Waals surface area contributed by atoms with Gasteiger partial charge in [-0.1, -0.05) is 0 Å². The van der Waals surface area contributed by atoms with Crippen molar-refractivity contribution in [1.82, 2.24) is 30.0 Å². The van der Waals surface area contributed by atoms with Crippen LogP contribution in [0, 0.1) is 12.3 Å². The fourth-order valence-corrected chi connectivity index (χ4v) is 2.20. The molecule has 0 saturated heterocycles. The summed E-state index contributed by atoms with van der Waals surface area (Å²) in [6, 6.07) is 0. The molecule has 2 heterocycles. The Balaban J connectivity index is 1.95. The highest BCUT2D eigenvalue weighted by molar-refractivity contribution is 5.77. The fourth-order valence-electron chi connectivity index (χ4n) is 2.20. The largest absolute Gasteiger partial charge is 0.481 e. The Labute approximate surface area is 109 Å². The van der Waals surface area contributed by atoms with E-state index in [1.54, 1.807) is 9.36 Å². The van der Waals surface area contributed by atoms with Crippen LogP contribution in [-0.2, 0) is 18.4 Å². The smallest absolute Gasteiger partial charge is 0.311 e. The van der Waals surface area contributed by atoms with Gasteiger partial charge >= 0.3 is 5.97 Å². The molecule has 0 amide bonds. The summed E-state index contributed by atoms with van der Waals surface area (Å²) in [6.45, 7) is 2.18. The summed E-state index contributed by atoms with van der Waals surface area (Å²) >= 11 is 0. The highest BCUT2D eigenvalue weighted by Gasteiger charge is 2.51. The Morgan fingerprint density at radius 3 is 2.79 bits per heavy atom. The van der Waals surface area contributed by atoms with E-state index in [0.717, 1.165) is 11.3 Å². The van der Waals surface area contributed by atoms with E-state index in [2.05, 4.69) is 20.6 Å². The minimum atomic E-state index is -0.781. The van der Waals surface area contributed by atoms with E-state index in [9.17, 15) is 9.90 Å². The molecule has 1 aliphatic carbocycles. The van der Waals surface area contributed by atoms with Crippen LogP contribution >= 0.6 is 0 Å². The number of carboxylic acids is 1. The van der Waals surface area contributed by atoms with Gasteiger partial charge in [0, 0.05) is 13.2 Å². The number of tetrazole rings is 1. The van der Waals surface area contributed by atoms with Crippen molar-refractivity contribution in [3.05, 3.63) is 11.9 Å². The number of aromatic nitrogens is 6. The lowest BCUT2D eigenvalue weighted by Crippen LogP contribution is -2.22. The molecule has 0 spiro atoms. The number of hydrogen-bond donors (Lipinski definition) is 1. The van der Waals surface area contributed by atoms with E-state index >= 15 is 0 Å². The first-order valence-electron chi connectivity index (χ1n) is 6.02. The van der Waals surface area contributed by atoms with Crippen LogP contribution in [0.25, 0.3) is 11.4 Å². The molecule has 8 nitrogen and oxygen atoms in total. The number of carbonyl (C=O) groups is 1. The van der Waals surface area contributed by atoms with Gasteiger partial charge in [-0.05, 0) is 30.2 Å². The van der Waals surface area contributed by atoms with Crippen molar-refractivity contribution in [3.8, 4) is 11.4 Å². The van der Waals surface area contributed by atoms with E-state index in [0.29, 0.717) is 25.2 Å². The maximum atomic E-state index is 11.2. The van der Waals surface area contributed by atoms with Gasteiger partial charge in [-0.3, -0.25) is 9.48 Å². The highest BCUT2D eigenvalue weighted by Crippen LogP contribution is 2.47. The zero-order valence-corrected chi connectivity index (χ0v) is 10.7. The third kappa shape index (κ3) is 1.88. The quantitative estimate of drug-likeness (QED) is 0.847. The maximum Gasteiger partial charge on any atom is 0.311 e. The van der Waals surface area contributed by atoms with Crippen molar-refractivity contribution in [3.63, 3.8) is 0 Å². The van der Waals surface area contributed by atoms with Gasteiger partial charge in [-0.2, -0.15) is 5.10 Å². The first-order valence-corrected chi connectivity index (χ1v) is 6.02. The van der Waals surface area contributed by atoms with Gasteiger partial charge in [0.05, 0.1) is 23.2 Å². The summed E-state index contributed by atoms with van der Waals surface area (Å²) in [5, 5.41) is 25.0. The predicted octanol–water partition coefficient (Wildman–Crippen LogP) is 0.247. The monoisotopic (exact) mass is 262 g/mol. The first kappa shape index (κ1) is 11.8. The molecular formula is C11H14N6O2. The molecule has 1 N–H and O–H groups in total. The van der Waals surface area contributed by atoms with E-state index < -0.39 is 11.4 Å². The summed E-state index contributed by atoms with van der Waals surface area (Å²) in [4.78, 5) is 11.2. The van der Waals surface area contributed by atoms with Crippen molar-refractivity contribution < 1.29 is 9.90 Å². The van der Waals surface area contributed by atoms with Gasteiger partial charge in [-0.25, -0.2) is 4.68 Å². The fraction of sp³-hybridized carbons (Fsp3) is 0.545. The number of nitrogens with zero attached hydrogens (tertiary/aromatic N) is 6. The van der Waals surface area contributed by atoms with Crippen molar-refractivity contribution in [2.75, 3.05) is 0 Å². The molecule has 19 heavy (non-hydrogen) atoms. The lowest BCUT2D eigenvalue weighted by molar-refractivity contribution is -0.144.